The Morgan fingerprint density at radius 1 is 0.963 bits per heavy atom. The molecule has 3 rings (SSSR count). The number of anilines is 2. The van der Waals surface area contributed by atoms with Crippen LogP contribution in [-0.2, 0) is 11.4 Å². The van der Waals surface area contributed by atoms with Crippen molar-refractivity contribution in [2.75, 3.05) is 17.2 Å². The van der Waals surface area contributed by atoms with Gasteiger partial charge in [0.2, 0.25) is 5.91 Å². The van der Waals surface area contributed by atoms with Gasteiger partial charge in [-0.1, -0.05) is 48.0 Å². The zero-order chi connectivity index (χ0) is 19.1. The van der Waals surface area contributed by atoms with Crippen molar-refractivity contribution in [3.8, 4) is 5.75 Å². The second-order valence-electron chi connectivity index (χ2n) is 5.83. The summed E-state index contributed by atoms with van der Waals surface area (Å²) >= 11 is 5.71. The maximum absolute atomic E-state index is 13.1. The summed E-state index contributed by atoms with van der Waals surface area (Å²) in [5.74, 6) is -0.0945. The summed E-state index contributed by atoms with van der Waals surface area (Å²) in [5, 5.41) is 5.65. The summed E-state index contributed by atoms with van der Waals surface area (Å²) in [5.41, 5.74) is 2.27. The van der Waals surface area contributed by atoms with Gasteiger partial charge in [0.25, 0.3) is 0 Å². The molecule has 0 saturated heterocycles. The van der Waals surface area contributed by atoms with Crippen LogP contribution in [0.15, 0.2) is 72.8 Å². The quantitative estimate of drug-likeness (QED) is 0.595. The Bertz CT molecular complexity index is 919. The van der Waals surface area contributed by atoms with Gasteiger partial charge in [-0.15, -0.1) is 0 Å². The second-order valence-corrected chi connectivity index (χ2v) is 6.24. The van der Waals surface area contributed by atoms with Crippen LogP contribution < -0.4 is 15.4 Å². The van der Waals surface area contributed by atoms with Gasteiger partial charge in [-0.05, 0) is 35.9 Å². The van der Waals surface area contributed by atoms with Gasteiger partial charge in [-0.2, -0.15) is 0 Å². The van der Waals surface area contributed by atoms with Crippen molar-refractivity contribution in [1.29, 1.82) is 0 Å². The number of carbonyl (C=O) groups excluding carboxylic acids is 1. The van der Waals surface area contributed by atoms with Crippen molar-refractivity contribution in [3.05, 3.63) is 89.2 Å². The molecule has 4 nitrogen and oxygen atoms in total. The lowest BCUT2D eigenvalue weighted by Gasteiger charge is -2.11. The topological polar surface area (TPSA) is 50.4 Å². The van der Waals surface area contributed by atoms with Gasteiger partial charge in [0.15, 0.2) is 0 Å². The Labute approximate surface area is 161 Å². The van der Waals surface area contributed by atoms with E-state index >= 15 is 0 Å². The van der Waals surface area contributed by atoms with Crippen molar-refractivity contribution < 1.29 is 13.9 Å². The average molecular weight is 385 g/mol. The van der Waals surface area contributed by atoms with Crippen LogP contribution in [0, 0.1) is 5.82 Å². The molecule has 0 radical (unpaired) electrons. The minimum absolute atomic E-state index is 0.0379. The van der Waals surface area contributed by atoms with Crippen molar-refractivity contribution in [2.45, 2.75) is 6.61 Å². The molecule has 0 spiro atoms. The van der Waals surface area contributed by atoms with Gasteiger partial charge in [0, 0.05) is 17.4 Å². The van der Waals surface area contributed by atoms with Gasteiger partial charge < -0.3 is 15.4 Å². The molecule has 1 amide bonds. The van der Waals surface area contributed by atoms with E-state index in [9.17, 15) is 9.18 Å². The molecule has 3 aromatic rings. The summed E-state index contributed by atoms with van der Waals surface area (Å²) in [6, 6.07) is 21.3. The fraction of sp³-hybridized carbons (Fsp3) is 0.0952. The van der Waals surface area contributed by atoms with E-state index in [0.29, 0.717) is 18.0 Å². The SMILES string of the molecule is O=C(CNc1cccc(OCc2ccccc2)c1)Nc1ccc(F)c(Cl)c1. The van der Waals surface area contributed by atoms with Crippen LogP contribution in [0.3, 0.4) is 0 Å². The lowest BCUT2D eigenvalue weighted by molar-refractivity contribution is -0.114. The van der Waals surface area contributed by atoms with E-state index in [4.69, 9.17) is 16.3 Å². The average Bonchev–Trinajstić information content (AvgIpc) is 2.69. The highest BCUT2D eigenvalue weighted by Gasteiger charge is 2.06. The molecule has 0 fully saturated rings. The van der Waals surface area contributed by atoms with E-state index in [0.717, 1.165) is 11.3 Å². The summed E-state index contributed by atoms with van der Waals surface area (Å²) in [6.07, 6.45) is 0. The van der Waals surface area contributed by atoms with E-state index in [1.807, 2.05) is 54.6 Å². The third kappa shape index (κ3) is 5.72. The molecular weight excluding hydrogens is 367 g/mol. The van der Waals surface area contributed by atoms with Crippen LogP contribution in [0.25, 0.3) is 0 Å². The number of carbonyl (C=O) groups is 1. The number of halogens is 2. The van der Waals surface area contributed by atoms with Gasteiger partial charge in [-0.3, -0.25) is 4.79 Å². The van der Waals surface area contributed by atoms with Crippen molar-refractivity contribution >= 4 is 28.9 Å². The normalized spacial score (nSPS) is 10.3. The van der Waals surface area contributed by atoms with Gasteiger partial charge in [0.05, 0.1) is 11.6 Å². The molecule has 0 aliphatic heterocycles. The molecule has 0 aliphatic rings. The van der Waals surface area contributed by atoms with Crippen molar-refractivity contribution in [2.24, 2.45) is 0 Å². The standard InChI is InChI=1S/C21H18ClFN2O2/c22-19-12-17(9-10-20(19)23)25-21(26)13-24-16-7-4-8-18(11-16)27-14-15-5-2-1-3-6-15/h1-12,24H,13-14H2,(H,25,26). The van der Waals surface area contributed by atoms with Gasteiger partial charge >= 0.3 is 0 Å². The molecular formula is C21H18ClFN2O2. The zero-order valence-corrected chi connectivity index (χ0v) is 15.2. The maximum atomic E-state index is 13.1. The first-order chi connectivity index (χ1) is 13.1. The summed E-state index contributed by atoms with van der Waals surface area (Å²) in [4.78, 5) is 12.0. The minimum Gasteiger partial charge on any atom is -0.489 e. The highest BCUT2D eigenvalue weighted by atomic mass is 35.5. The first-order valence-electron chi connectivity index (χ1n) is 8.36. The van der Waals surface area contributed by atoms with E-state index in [1.54, 1.807) is 0 Å². The minimum atomic E-state index is -0.528. The molecule has 0 aliphatic carbocycles. The van der Waals surface area contributed by atoms with Crippen molar-refractivity contribution in [1.82, 2.24) is 0 Å². The predicted molar refractivity (Wildman–Crippen MR) is 106 cm³/mol. The first kappa shape index (κ1) is 18.7. The third-order valence-electron chi connectivity index (χ3n) is 3.74. The monoisotopic (exact) mass is 384 g/mol. The molecule has 0 aromatic heterocycles. The van der Waals surface area contributed by atoms with Crippen LogP contribution in [0.4, 0.5) is 15.8 Å². The van der Waals surface area contributed by atoms with E-state index in [-0.39, 0.29) is 17.5 Å². The molecule has 0 unspecified atom stereocenters. The Hall–Kier alpha value is -3.05. The van der Waals surface area contributed by atoms with Gasteiger partial charge in [0.1, 0.15) is 18.2 Å². The second kappa shape index (κ2) is 9.05. The van der Waals surface area contributed by atoms with E-state index < -0.39 is 5.82 Å². The van der Waals surface area contributed by atoms with Crippen LogP contribution in [0.2, 0.25) is 5.02 Å². The predicted octanol–water partition coefficient (Wildman–Crippen LogP) is 5.11. The summed E-state index contributed by atoms with van der Waals surface area (Å²) in [6.45, 7) is 0.521. The fourth-order valence-corrected chi connectivity index (χ4v) is 2.58. The molecule has 0 bridgehead atoms. The number of hydrogen-bond donors (Lipinski definition) is 2. The Morgan fingerprint density at radius 2 is 1.78 bits per heavy atom. The van der Waals surface area contributed by atoms with Crippen LogP contribution in [0.1, 0.15) is 5.56 Å². The Morgan fingerprint density at radius 3 is 2.56 bits per heavy atom. The molecule has 0 atom stereocenters. The number of ether oxygens (including phenoxy) is 1. The number of nitrogens with one attached hydrogen (secondary N) is 2. The number of rotatable bonds is 7. The van der Waals surface area contributed by atoms with Crippen molar-refractivity contribution in [3.63, 3.8) is 0 Å². The number of amides is 1. The zero-order valence-electron chi connectivity index (χ0n) is 14.4. The van der Waals surface area contributed by atoms with Gasteiger partial charge in [-0.25, -0.2) is 4.39 Å². The summed E-state index contributed by atoms with van der Waals surface area (Å²) in [7, 11) is 0. The lowest BCUT2D eigenvalue weighted by Crippen LogP contribution is -2.21. The smallest absolute Gasteiger partial charge is 0.243 e. The highest BCUT2D eigenvalue weighted by Crippen LogP contribution is 2.20. The largest absolute Gasteiger partial charge is 0.489 e. The van der Waals surface area contributed by atoms with E-state index in [1.165, 1.54) is 18.2 Å². The Kier molecular flexibility index (Phi) is 6.28. The molecule has 138 valence electrons. The number of hydrogen-bond acceptors (Lipinski definition) is 3. The molecule has 27 heavy (non-hydrogen) atoms. The Balaban J connectivity index is 1.51. The third-order valence-corrected chi connectivity index (χ3v) is 4.03. The molecule has 3 aromatic carbocycles. The molecule has 2 N–H and O–H groups in total. The highest BCUT2D eigenvalue weighted by molar-refractivity contribution is 6.31. The molecule has 0 saturated carbocycles. The maximum Gasteiger partial charge on any atom is 0.243 e. The van der Waals surface area contributed by atoms with Crippen LogP contribution in [0.5, 0.6) is 5.75 Å². The number of benzene rings is 3. The van der Waals surface area contributed by atoms with Crippen LogP contribution >= 0.6 is 11.6 Å². The molecule has 0 heterocycles. The van der Waals surface area contributed by atoms with E-state index in [2.05, 4.69) is 10.6 Å². The van der Waals surface area contributed by atoms with Crippen LogP contribution in [-0.4, -0.2) is 12.5 Å². The fourth-order valence-electron chi connectivity index (χ4n) is 2.40. The first-order valence-corrected chi connectivity index (χ1v) is 8.73. The summed E-state index contributed by atoms with van der Waals surface area (Å²) < 4.78 is 18.9. The molecule has 6 heteroatoms. The lowest BCUT2D eigenvalue weighted by atomic mass is 10.2.